The normalized spacial score (nSPS) is 17.1. The molecular formula is C20H21N3O6. The second-order valence-corrected chi connectivity index (χ2v) is 7.03. The Hall–Kier alpha value is -3.04. The summed E-state index contributed by atoms with van der Waals surface area (Å²) in [6.45, 7) is 4.10. The average molecular weight is 399 g/mol. The number of ether oxygens (including phenoxy) is 2. The van der Waals surface area contributed by atoms with Gasteiger partial charge in [0.2, 0.25) is 0 Å². The first kappa shape index (κ1) is 19.3. The van der Waals surface area contributed by atoms with E-state index in [1.165, 1.54) is 24.1 Å². The van der Waals surface area contributed by atoms with Crippen LogP contribution in [0, 0.1) is 10.1 Å². The number of carbonyl (C=O) groups excluding carboxylic acids is 2. The maximum Gasteiger partial charge on any atom is 0.318 e. The number of hydrogen-bond donors (Lipinski definition) is 0. The number of morpholine rings is 1. The van der Waals surface area contributed by atoms with E-state index in [-0.39, 0.29) is 28.9 Å². The number of rotatable bonds is 6. The smallest absolute Gasteiger partial charge is 0.318 e. The van der Waals surface area contributed by atoms with E-state index in [1.54, 1.807) is 12.1 Å². The van der Waals surface area contributed by atoms with Gasteiger partial charge in [0, 0.05) is 43.2 Å². The molecule has 0 bridgehead atoms. The zero-order chi connectivity index (χ0) is 20.5. The molecule has 0 unspecified atom stereocenters. The fourth-order valence-corrected chi connectivity index (χ4v) is 4.00. The van der Waals surface area contributed by atoms with Crippen LogP contribution in [0.2, 0.25) is 0 Å². The van der Waals surface area contributed by atoms with Gasteiger partial charge in [-0.05, 0) is 18.6 Å². The molecule has 2 heterocycles. The largest absolute Gasteiger partial charge is 0.490 e. The van der Waals surface area contributed by atoms with Crippen molar-refractivity contribution in [1.29, 1.82) is 0 Å². The minimum atomic E-state index is -0.550. The molecule has 29 heavy (non-hydrogen) atoms. The molecule has 9 heteroatoms. The predicted octanol–water partition coefficient (Wildman–Crippen LogP) is 2.07. The SMILES string of the molecule is COc1cc2c3c(cccc3c1[N+](=O)[O-])C(=O)N(CCCN1CCOCC1)C2=O. The summed E-state index contributed by atoms with van der Waals surface area (Å²) in [5.74, 6) is -0.867. The minimum absolute atomic E-state index is 0.00520. The molecule has 0 N–H and O–H groups in total. The topological polar surface area (TPSA) is 102 Å². The number of benzene rings is 2. The van der Waals surface area contributed by atoms with Crippen molar-refractivity contribution < 1.29 is 24.0 Å². The second kappa shape index (κ2) is 7.76. The Balaban J connectivity index is 1.67. The van der Waals surface area contributed by atoms with E-state index >= 15 is 0 Å². The molecule has 0 radical (unpaired) electrons. The van der Waals surface area contributed by atoms with Gasteiger partial charge >= 0.3 is 5.69 Å². The van der Waals surface area contributed by atoms with Gasteiger partial charge in [-0.1, -0.05) is 6.07 Å². The highest BCUT2D eigenvalue weighted by molar-refractivity contribution is 6.26. The van der Waals surface area contributed by atoms with Gasteiger partial charge in [0.25, 0.3) is 11.8 Å². The summed E-state index contributed by atoms with van der Waals surface area (Å²) in [6.07, 6.45) is 0.646. The van der Waals surface area contributed by atoms with E-state index in [4.69, 9.17) is 9.47 Å². The highest BCUT2D eigenvalue weighted by atomic mass is 16.6. The molecule has 4 rings (SSSR count). The molecule has 2 aliphatic heterocycles. The second-order valence-electron chi connectivity index (χ2n) is 7.03. The van der Waals surface area contributed by atoms with Crippen LogP contribution >= 0.6 is 0 Å². The first-order chi connectivity index (χ1) is 14.0. The molecule has 0 aromatic heterocycles. The predicted molar refractivity (Wildman–Crippen MR) is 104 cm³/mol. The van der Waals surface area contributed by atoms with Crippen molar-refractivity contribution in [2.24, 2.45) is 0 Å². The fraction of sp³-hybridized carbons (Fsp3) is 0.400. The summed E-state index contributed by atoms with van der Waals surface area (Å²) in [5.41, 5.74) is 0.313. The van der Waals surface area contributed by atoms with Crippen molar-refractivity contribution in [1.82, 2.24) is 9.80 Å². The lowest BCUT2D eigenvalue weighted by molar-refractivity contribution is -0.383. The summed E-state index contributed by atoms with van der Waals surface area (Å²) < 4.78 is 10.5. The molecule has 2 amide bonds. The van der Waals surface area contributed by atoms with Gasteiger partial charge in [0.1, 0.15) is 0 Å². The van der Waals surface area contributed by atoms with Crippen LogP contribution < -0.4 is 4.74 Å². The third-order valence-electron chi connectivity index (χ3n) is 5.41. The third kappa shape index (κ3) is 3.32. The Morgan fingerprint density at radius 1 is 1.14 bits per heavy atom. The molecule has 1 fully saturated rings. The molecule has 0 aliphatic carbocycles. The van der Waals surface area contributed by atoms with Gasteiger partial charge in [-0.15, -0.1) is 0 Å². The Kier molecular flexibility index (Phi) is 5.16. The summed E-state index contributed by atoms with van der Waals surface area (Å²) in [7, 11) is 1.32. The monoisotopic (exact) mass is 399 g/mol. The number of carbonyl (C=O) groups is 2. The molecule has 2 aliphatic rings. The maximum absolute atomic E-state index is 13.1. The maximum atomic E-state index is 13.1. The van der Waals surface area contributed by atoms with E-state index in [0.29, 0.717) is 30.6 Å². The number of amides is 2. The average Bonchev–Trinajstić information content (AvgIpc) is 2.74. The molecule has 0 spiro atoms. The van der Waals surface area contributed by atoms with Gasteiger partial charge < -0.3 is 9.47 Å². The summed E-state index contributed by atoms with van der Waals surface area (Å²) >= 11 is 0. The van der Waals surface area contributed by atoms with Crippen molar-refractivity contribution in [3.63, 3.8) is 0 Å². The van der Waals surface area contributed by atoms with Crippen molar-refractivity contribution in [3.8, 4) is 5.75 Å². The van der Waals surface area contributed by atoms with E-state index in [0.717, 1.165) is 19.6 Å². The lowest BCUT2D eigenvalue weighted by Gasteiger charge is -2.30. The Bertz CT molecular complexity index is 999. The fourth-order valence-electron chi connectivity index (χ4n) is 4.00. The molecule has 9 nitrogen and oxygen atoms in total. The van der Waals surface area contributed by atoms with Gasteiger partial charge in [0.05, 0.1) is 36.2 Å². The minimum Gasteiger partial charge on any atom is -0.490 e. The van der Waals surface area contributed by atoms with Crippen molar-refractivity contribution in [2.45, 2.75) is 6.42 Å². The Labute approximate surface area is 166 Å². The first-order valence-corrected chi connectivity index (χ1v) is 9.47. The summed E-state index contributed by atoms with van der Waals surface area (Å²) in [4.78, 5) is 40.6. The molecular weight excluding hydrogens is 378 g/mol. The van der Waals surface area contributed by atoms with E-state index in [9.17, 15) is 19.7 Å². The van der Waals surface area contributed by atoms with E-state index < -0.39 is 16.7 Å². The molecule has 152 valence electrons. The van der Waals surface area contributed by atoms with Crippen LogP contribution in [-0.4, -0.2) is 73.0 Å². The zero-order valence-electron chi connectivity index (χ0n) is 16.1. The lowest BCUT2D eigenvalue weighted by atomic mass is 9.92. The molecule has 2 aromatic carbocycles. The van der Waals surface area contributed by atoms with E-state index in [2.05, 4.69) is 4.90 Å². The summed E-state index contributed by atoms with van der Waals surface area (Å²) in [6, 6.07) is 6.10. The zero-order valence-corrected chi connectivity index (χ0v) is 16.1. The molecule has 0 saturated carbocycles. The molecule has 2 aromatic rings. The van der Waals surface area contributed by atoms with Gasteiger partial charge in [0.15, 0.2) is 5.75 Å². The van der Waals surface area contributed by atoms with Crippen LogP contribution in [0.4, 0.5) is 5.69 Å². The third-order valence-corrected chi connectivity index (χ3v) is 5.41. The van der Waals surface area contributed by atoms with Crippen LogP contribution in [0.15, 0.2) is 24.3 Å². The number of nitro benzene ring substituents is 1. The first-order valence-electron chi connectivity index (χ1n) is 9.47. The van der Waals surface area contributed by atoms with Crippen LogP contribution in [0.5, 0.6) is 5.75 Å². The van der Waals surface area contributed by atoms with Crippen LogP contribution in [0.3, 0.4) is 0 Å². The van der Waals surface area contributed by atoms with Gasteiger partial charge in [-0.2, -0.15) is 0 Å². The number of imide groups is 1. The standard InChI is InChI=1S/C20H21N3O6/c1-28-16-12-15-17-13(18(16)23(26)27)4-2-5-14(17)19(24)22(20(15)25)7-3-6-21-8-10-29-11-9-21/h2,4-5,12H,3,6-11H2,1H3. The van der Waals surface area contributed by atoms with Gasteiger partial charge in [-0.3, -0.25) is 29.5 Å². The number of hydrogen-bond acceptors (Lipinski definition) is 7. The number of nitrogens with zero attached hydrogens (tertiary/aromatic N) is 3. The highest BCUT2D eigenvalue weighted by Gasteiger charge is 2.36. The van der Waals surface area contributed by atoms with Crippen molar-refractivity contribution >= 4 is 28.3 Å². The number of methoxy groups -OCH3 is 1. The molecule has 0 atom stereocenters. The molecule has 1 saturated heterocycles. The Morgan fingerprint density at radius 3 is 2.55 bits per heavy atom. The summed E-state index contributed by atoms with van der Waals surface area (Å²) in [5, 5.41) is 12.1. The number of nitro groups is 1. The quantitative estimate of drug-likeness (QED) is 0.416. The van der Waals surface area contributed by atoms with Crippen molar-refractivity contribution in [2.75, 3.05) is 46.5 Å². The lowest BCUT2D eigenvalue weighted by Crippen LogP contribution is -2.43. The van der Waals surface area contributed by atoms with E-state index in [1.807, 2.05) is 0 Å². The van der Waals surface area contributed by atoms with Gasteiger partial charge in [-0.25, -0.2) is 0 Å². The van der Waals surface area contributed by atoms with Crippen molar-refractivity contribution in [3.05, 3.63) is 45.5 Å². The van der Waals surface area contributed by atoms with Crippen LogP contribution in [0.1, 0.15) is 27.1 Å². The highest BCUT2D eigenvalue weighted by Crippen LogP contribution is 2.41. The Morgan fingerprint density at radius 2 is 1.86 bits per heavy atom. The van der Waals surface area contributed by atoms with Crippen LogP contribution in [0.25, 0.3) is 10.8 Å². The van der Waals surface area contributed by atoms with Crippen LogP contribution in [-0.2, 0) is 4.74 Å².